The third-order valence-electron chi connectivity index (χ3n) is 3.93. The van der Waals surface area contributed by atoms with Crippen molar-refractivity contribution in [2.75, 3.05) is 39.4 Å². The summed E-state index contributed by atoms with van der Waals surface area (Å²) in [7, 11) is 0. The molecule has 7 nitrogen and oxygen atoms in total. The van der Waals surface area contributed by atoms with Crippen molar-refractivity contribution in [2.45, 2.75) is 19.8 Å². The zero-order valence-corrected chi connectivity index (χ0v) is 14.4. The van der Waals surface area contributed by atoms with Gasteiger partial charge in [0.1, 0.15) is 17.9 Å². The minimum Gasteiger partial charge on any atom is -0.494 e. The molecule has 1 aliphatic heterocycles. The molecule has 0 atom stereocenters. The lowest BCUT2D eigenvalue weighted by Gasteiger charge is -2.21. The van der Waals surface area contributed by atoms with E-state index in [1.807, 2.05) is 13.0 Å². The molecule has 1 aromatic rings. The molecule has 0 bridgehead atoms. The number of carbonyl (C=O) groups excluding carboxylic acids is 2. The third-order valence-corrected chi connectivity index (χ3v) is 3.93. The van der Waals surface area contributed by atoms with Crippen LogP contribution in [0.3, 0.4) is 0 Å². The first-order valence-corrected chi connectivity index (χ1v) is 8.42. The van der Waals surface area contributed by atoms with Crippen molar-refractivity contribution in [2.24, 2.45) is 0 Å². The molecule has 1 heterocycles. The molecule has 1 aromatic carbocycles. The van der Waals surface area contributed by atoms with Gasteiger partial charge in [-0.25, -0.2) is 0 Å². The zero-order valence-electron chi connectivity index (χ0n) is 14.4. The average Bonchev–Trinajstić information content (AvgIpc) is 2.88. The van der Waals surface area contributed by atoms with E-state index in [-0.39, 0.29) is 24.8 Å². The topological polar surface area (TPSA) is 82.9 Å². The van der Waals surface area contributed by atoms with E-state index in [0.29, 0.717) is 45.0 Å². The van der Waals surface area contributed by atoms with E-state index in [0.717, 1.165) is 5.75 Å². The third kappa shape index (κ3) is 5.68. The van der Waals surface area contributed by atoms with Gasteiger partial charge in [-0.3, -0.25) is 9.59 Å². The first kappa shape index (κ1) is 18.6. The molecular weight excluding hydrogens is 322 g/mol. The zero-order chi connectivity index (χ0) is 18.1. The molecule has 0 radical (unpaired) electrons. The summed E-state index contributed by atoms with van der Waals surface area (Å²) in [5, 5.41) is 8.62. The number of nitriles is 1. The normalized spacial score (nSPS) is 14.4. The highest BCUT2D eigenvalue weighted by atomic mass is 16.5. The maximum Gasteiger partial charge on any atom is 0.260 e. The molecule has 1 saturated heterocycles. The van der Waals surface area contributed by atoms with Crippen LogP contribution in [0.4, 0.5) is 0 Å². The molecule has 2 rings (SSSR count). The van der Waals surface area contributed by atoms with Gasteiger partial charge in [-0.15, -0.1) is 0 Å². The van der Waals surface area contributed by atoms with E-state index in [1.165, 1.54) is 0 Å². The number of hydrogen-bond donors (Lipinski definition) is 0. The summed E-state index contributed by atoms with van der Waals surface area (Å²) in [5.74, 6) is 1.08. The Hall–Kier alpha value is -2.75. The summed E-state index contributed by atoms with van der Waals surface area (Å²) < 4.78 is 10.9. The summed E-state index contributed by atoms with van der Waals surface area (Å²) in [6, 6.07) is 9.00. The summed E-state index contributed by atoms with van der Waals surface area (Å²) in [5.41, 5.74) is 0. The molecule has 7 heteroatoms. The average molecular weight is 345 g/mol. The molecule has 134 valence electrons. The molecule has 1 aliphatic rings. The van der Waals surface area contributed by atoms with Crippen molar-refractivity contribution in [3.05, 3.63) is 24.3 Å². The lowest BCUT2D eigenvalue weighted by molar-refractivity contribution is -0.134. The van der Waals surface area contributed by atoms with Crippen molar-refractivity contribution in [3.63, 3.8) is 0 Å². The minimum atomic E-state index is -0.178. The number of amides is 2. The van der Waals surface area contributed by atoms with Crippen molar-refractivity contribution in [3.8, 4) is 17.6 Å². The second-order valence-corrected chi connectivity index (χ2v) is 5.64. The standard InChI is InChI=1S/C18H23N3O4/c1-2-24-15-4-6-16(7-5-15)25-14-18(23)21-11-3-10-20(12-13-21)17(22)8-9-19/h4-7H,2-3,8,10-14H2,1H3. The largest absolute Gasteiger partial charge is 0.494 e. The molecule has 2 amide bonds. The number of benzene rings is 1. The molecule has 1 fully saturated rings. The van der Waals surface area contributed by atoms with Crippen LogP contribution in [0, 0.1) is 11.3 Å². The van der Waals surface area contributed by atoms with Gasteiger partial charge in [0.25, 0.3) is 5.91 Å². The van der Waals surface area contributed by atoms with Gasteiger partial charge in [0.15, 0.2) is 6.61 Å². The van der Waals surface area contributed by atoms with Crippen LogP contribution < -0.4 is 9.47 Å². The van der Waals surface area contributed by atoms with Crippen LogP contribution >= 0.6 is 0 Å². The fourth-order valence-electron chi connectivity index (χ4n) is 2.63. The Morgan fingerprint density at radius 1 is 1.00 bits per heavy atom. The van der Waals surface area contributed by atoms with Crippen LogP contribution in [0.1, 0.15) is 19.8 Å². The van der Waals surface area contributed by atoms with Gasteiger partial charge in [-0.2, -0.15) is 5.26 Å². The van der Waals surface area contributed by atoms with E-state index >= 15 is 0 Å². The Morgan fingerprint density at radius 2 is 1.56 bits per heavy atom. The summed E-state index contributed by atoms with van der Waals surface area (Å²) in [4.78, 5) is 27.4. The SMILES string of the molecule is CCOc1ccc(OCC(=O)N2CCCN(C(=O)CC#N)CC2)cc1. The predicted octanol–water partition coefficient (Wildman–Crippen LogP) is 1.44. The van der Waals surface area contributed by atoms with E-state index < -0.39 is 0 Å². The summed E-state index contributed by atoms with van der Waals surface area (Å²) in [6.07, 6.45) is 0.584. The molecular formula is C18H23N3O4. The van der Waals surface area contributed by atoms with Crippen molar-refractivity contribution < 1.29 is 19.1 Å². The van der Waals surface area contributed by atoms with Crippen LogP contribution in [0.5, 0.6) is 11.5 Å². The van der Waals surface area contributed by atoms with E-state index in [4.69, 9.17) is 14.7 Å². The first-order chi connectivity index (χ1) is 12.1. The quantitative estimate of drug-likeness (QED) is 0.779. The van der Waals surface area contributed by atoms with Crippen LogP contribution in [0.2, 0.25) is 0 Å². The van der Waals surface area contributed by atoms with E-state index in [9.17, 15) is 9.59 Å². The highest BCUT2D eigenvalue weighted by molar-refractivity contribution is 5.79. The monoisotopic (exact) mass is 345 g/mol. The minimum absolute atomic E-state index is 0.0415. The second kappa shape index (κ2) is 9.52. The van der Waals surface area contributed by atoms with Gasteiger partial charge in [0, 0.05) is 26.2 Å². The number of ether oxygens (including phenoxy) is 2. The maximum absolute atomic E-state index is 12.3. The number of nitrogens with zero attached hydrogens (tertiary/aromatic N) is 3. The molecule has 0 spiro atoms. The Labute approximate surface area is 147 Å². The van der Waals surface area contributed by atoms with Crippen LogP contribution in [0.25, 0.3) is 0 Å². The highest BCUT2D eigenvalue weighted by Gasteiger charge is 2.22. The lowest BCUT2D eigenvalue weighted by Crippen LogP contribution is -2.39. The van der Waals surface area contributed by atoms with Crippen molar-refractivity contribution in [1.82, 2.24) is 9.80 Å². The molecule has 0 unspecified atom stereocenters. The Kier molecular flexibility index (Phi) is 7.08. The van der Waals surface area contributed by atoms with E-state index in [2.05, 4.69) is 0 Å². The van der Waals surface area contributed by atoms with Crippen LogP contribution in [-0.4, -0.2) is 61.0 Å². The lowest BCUT2D eigenvalue weighted by atomic mass is 10.3. The number of hydrogen-bond acceptors (Lipinski definition) is 5. The van der Waals surface area contributed by atoms with Gasteiger partial charge >= 0.3 is 0 Å². The van der Waals surface area contributed by atoms with E-state index in [1.54, 1.807) is 34.1 Å². The summed E-state index contributed by atoms with van der Waals surface area (Å²) in [6.45, 7) is 4.55. The Bertz CT molecular complexity index is 624. The van der Waals surface area contributed by atoms with Crippen LogP contribution in [-0.2, 0) is 9.59 Å². The van der Waals surface area contributed by atoms with Crippen LogP contribution in [0.15, 0.2) is 24.3 Å². The fourth-order valence-corrected chi connectivity index (χ4v) is 2.63. The van der Waals surface area contributed by atoms with Gasteiger partial charge in [-0.1, -0.05) is 0 Å². The maximum atomic E-state index is 12.3. The highest BCUT2D eigenvalue weighted by Crippen LogP contribution is 2.17. The Balaban J connectivity index is 1.80. The van der Waals surface area contributed by atoms with Gasteiger partial charge in [0.2, 0.25) is 5.91 Å². The second-order valence-electron chi connectivity index (χ2n) is 5.64. The molecule has 0 aliphatic carbocycles. The number of rotatable bonds is 6. The summed E-state index contributed by atoms with van der Waals surface area (Å²) >= 11 is 0. The van der Waals surface area contributed by atoms with Crippen molar-refractivity contribution >= 4 is 11.8 Å². The van der Waals surface area contributed by atoms with Gasteiger partial charge < -0.3 is 19.3 Å². The molecule has 0 saturated carbocycles. The number of carbonyl (C=O) groups is 2. The van der Waals surface area contributed by atoms with Gasteiger partial charge in [0.05, 0.1) is 12.7 Å². The fraction of sp³-hybridized carbons (Fsp3) is 0.500. The first-order valence-electron chi connectivity index (χ1n) is 8.42. The Morgan fingerprint density at radius 3 is 2.12 bits per heavy atom. The predicted molar refractivity (Wildman–Crippen MR) is 91.1 cm³/mol. The molecule has 0 N–H and O–H groups in total. The molecule has 0 aromatic heterocycles. The van der Waals surface area contributed by atoms with Gasteiger partial charge in [-0.05, 0) is 37.6 Å². The smallest absolute Gasteiger partial charge is 0.260 e. The van der Waals surface area contributed by atoms with Crippen molar-refractivity contribution in [1.29, 1.82) is 5.26 Å². The molecule has 25 heavy (non-hydrogen) atoms.